The SMILES string of the molecule is CC[C@H](C)[C@H](N)C(=O)N(C)[C@@H](Cc1ccc2ccccc2c1)C(=O)O. The lowest BCUT2D eigenvalue weighted by molar-refractivity contribution is -0.149. The van der Waals surface area contributed by atoms with Crippen LogP contribution in [0, 0.1) is 5.92 Å². The van der Waals surface area contributed by atoms with Crippen molar-refractivity contribution in [2.45, 2.75) is 38.8 Å². The van der Waals surface area contributed by atoms with Crippen LogP contribution in [0.5, 0.6) is 0 Å². The number of nitrogens with two attached hydrogens (primary N) is 1. The minimum Gasteiger partial charge on any atom is -0.480 e. The zero-order chi connectivity index (χ0) is 18.6. The quantitative estimate of drug-likeness (QED) is 0.810. The van der Waals surface area contributed by atoms with Gasteiger partial charge in [-0.3, -0.25) is 4.79 Å². The van der Waals surface area contributed by atoms with E-state index in [1.807, 2.05) is 56.3 Å². The Bertz CT molecular complexity index is 759. The number of nitrogens with zero attached hydrogens (tertiary/aromatic N) is 1. The highest BCUT2D eigenvalue weighted by Crippen LogP contribution is 2.18. The number of amides is 1. The Kier molecular flexibility index (Phi) is 6.15. The molecule has 0 aliphatic heterocycles. The molecule has 3 N–H and O–H groups in total. The lowest BCUT2D eigenvalue weighted by Crippen LogP contribution is -2.52. The monoisotopic (exact) mass is 342 g/mol. The molecule has 0 fully saturated rings. The van der Waals surface area contributed by atoms with Gasteiger partial charge in [0.2, 0.25) is 5.91 Å². The van der Waals surface area contributed by atoms with Gasteiger partial charge in [0.25, 0.3) is 0 Å². The van der Waals surface area contributed by atoms with Crippen molar-refractivity contribution in [1.29, 1.82) is 0 Å². The minimum atomic E-state index is -1.03. The predicted octanol–water partition coefficient (Wildman–Crippen LogP) is 2.67. The van der Waals surface area contributed by atoms with Gasteiger partial charge in [-0.15, -0.1) is 0 Å². The van der Waals surface area contributed by atoms with Crippen molar-refractivity contribution in [2.75, 3.05) is 7.05 Å². The normalized spacial score (nSPS) is 14.7. The summed E-state index contributed by atoms with van der Waals surface area (Å²) in [5, 5.41) is 11.8. The highest BCUT2D eigenvalue weighted by Gasteiger charge is 2.31. The molecule has 0 aromatic heterocycles. The van der Waals surface area contributed by atoms with Gasteiger partial charge in [0.05, 0.1) is 6.04 Å². The van der Waals surface area contributed by atoms with Gasteiger partial charge in [-0.2, -0.15) is 0 Å². The lowest BCUT2D eigenvalue weighted by Gasteiger charge is -2.29. The number of likely N-dealkylation sites (N-methyl/N-ethyl adjacent to an activating group) is 1. The fraction of sp³-hybridized carbons (Fsp3) is 0.400. The van der Waals surface area contributed by atoms with Gasteiger partial charge in [0.15, 0.2) is 0 Å². The van der Waals surface area contributed by atoms with Gasteiger partial charge in [0.1, 0.15) is 6.04 Å². The molecular formula is C20H26N2O3. The summed E-state index contributed by atoms with van der Waals surface area (Å²) in [6.07, 6.45) is 1.01. The van der Waals surface area contributed by atoms with Crippen molar-refractivity contribution >= 4 is 22.6 Å². The standard InChI is InChI=1S/C20H26N2O3/c1-4-13(2)18(21)19(23)22(3)17(20(24)25)12-14-9-10-15-7-5-6-8-16(15)11-14/h5-11,13,17-18H,4,12,21H2,1-3H3,(H,24,25)/t13-,17-,18-/m0/s1. The van der Waals surface area contributed by atoms with E-state index in [1.54, 1.807) is 0 Å². The van der Waals surface area contributed by atoms with Crippen LogP contribution in [0.2, 0.25) is 0 Å². The molecule has 0 saturated heterocycles. The van der Waals surface area contributed by atoms with Crippen LogP contribution in [0.15, 0.2) is 42.5 Å². The van der Waals surface area contributed by atoms with Gasteiger partial charge < -0.3 is 15.7 Å². The van der Waals surface area contributed by atoms with E-state index in [1.165, 1.54) is 11.9 Å². The van der Waals surface area contributed by atoms with Crippen LogP contribution >= 0.6 is 0 Å². The molecule has 0 unspecified atom stereocenters. The topological polar surface area (TPSA) is 83.6 Å². The molecule has 0 saturated carbocycles. The van der Waals surface area contributed by atoms with Gasteiger partial charge >= 0.3 is 5.97 Å². The second-order valence-electron chi connectivity index (χ2n) is 6.60. The number of fused-ring (bicyclic) bond motifs is 1. The van der Waals surface area contributed by atoms with Crippen LogP contribution in [0.4, 0.5) is 0 Å². The molecule has 0 aliphatic rings. The van der Waals surface area contributed by atoms with Gasteiger partial charge in [-0.05, 0) is 22.3 Å². The van der Waals surface area contributed by atoms with E-state index >= 15 is 0 Å². The van der Waals surface area contributed by atoms with E-state index in [0.29, 0.717) is 0 Å². The van der Waals surface area contributed by atoms with Crippen molar-refractivity contribution in [1.82, 2.24) is 4.90 Å². The summed E-state index contributed by atoms with van der Waals surface area (Å²) >= 11 is 0. The maximum Gasteiger partial charge on any atom is 0.326 e. The molecule has 2 aromatic rings. The van der Waals surface area contributed by atoms with Crippen molar-refractivity contribution in [3.8, 4) is 0 Å². The number of benzene rings is 2. The van der Waals surface area contributed by atoms with E-state index < -0.39 is 18.1 Å². The zero-order valence-corrected chi connectivity index (χ0v) is 15.0. The molecule has 25 heavy (non-hydrogen) atoms. The van der Waals surface area contributed by atoms with E-state index in [4.69, 9.17) is 5.73 Å². The smallest absolute Gasteiger partial charge is 0.326 e. The van der Waals surface area contributed by atoms with Gasteiger partial charge in [-0.25, -0.2) is 4.79 Å². The minimum absolute atomic E-state index is 0.00469. The maximum absolute atomic E-state index is 12.5. The van der Waals surface area contributed by atoms with Crippen molar-refractivity contribution in [2.24, 2.45) is 11.7 Å². The summed E-state index contributed by atoms with van der Waals surface area (Å²) in [5.74, 6) is -1.35. The second kappa shape index (κ2) is 8.12. The Hall–Kier alpha value is -2.40. The zero-order valence-electron chi connectivity index (χ0n) is 15.0. The largest absolute Gasteiger partial charge is 0.480 e. The maximum atomic E-state index is 12.5. The fourth-order valence-electron chi connectivity index (χ4n) is 2.86. The molecule has 1 amide bonds. The average molecular weight is 342 g/mol. The number of hydrogen-bond donors (Lipinski definition) is 2. The molecule has 2 rings (SSSR count). The summed E-state index contributed by atoms with van der Waals surface area (Å²) in [7, 11) is 1.52. The molecule has 5 nitrogen and oxygen atoms in total. The summed E-state index contributed by atoms with van der Waals surface area (Å²) < 4.78 is 0. The first kappa shape index (κ1) is 18.9. The Morgan fingerprint density at radius 1 is 1.16 bits per heavy atom. The number of carbonyl (C=O) groups is 2. The van der Waals surface area contributed by atoms with Crippen molar-refractivity contribution in [3.05, 3.63) is 48.0 Å². The third kappa shape index (κ3) is 4.37. The molecule has 3 atom stereocenters. The lowest BCUT2D eigenvalue weighted by atomic mass is 9.97. The number of hydrogen-bond acceptors (Lipinski definition) is 3. The third-order valence-electron chi connectivity index (χ3n) is 4.89. The predicted molar refractivity (Wildman–Crippen MR) is 99.3 cm³/mol. The molecule has 0 spiro atoms. The van der Waals surface area contributed by atoms with E-state index in [2.05, 4.69) is 0 Å². The Labute approximate surface area is 148 Å². The first-order valence-electron chi connectivity index (χ1n) is 8.57. The van der Waals surface area contributed by atoms with Gasteiger partial charge in [0, 0.05) is 13.5 Å². The van der Waals surface area contributed by atoms with E-state index in [-0.39, 0.29) is 18.2 Å². The molecule has 5 heteroatoms. The van der Waals surface area contributed by atoms with Crippen LogP contribution in [-0.4, -0.2) is 41.0 Å². The van der Waals surface area contributed by atoms with Crippen molar-refractivity contribution in [3.63, 3.8) is 0 Å². The second-order valence-corrected chi connectivity index (χ2v) is 6.60. The summed E-state index contributed by atoms with van der Waals surface area (Å²) in [6.45, 7) is 3.86. The number of rotatable bonds is 7. The van der Waals surface area contributed by atoms with Crippen LogP contribution < -0.4 is 5.73 Å². The third-order valence-corrected chi connectivity index (χ3v) is 4.89. The first-order chi connectivity index (χ1) is 11.8. The number of carboxylic acid groups (broad SMARTS) is 1. The Morgan fingerprint density at radius 3 is 2.40 bits per heavy atom. The highest BCUT2D eigenvalue weighted by atomic mass is 16.4. The Balaban J connectivity index is 2.21. The number of aliphatic carboxylic acids is 1. The van der Waals surface area contributed by atoms with E-state index in [9.17, 15) is 14.7 Å². The summed E-state index contributed by atoms with van der Waals surface area (Å²) in [4.78, 5) is 25.5. The van der Waals surface area contributed by atoms with E-state index in [0.717, 1.165) is 22.8 Å². The molecule has 0 bridgehead atoms. The molecule has 0 heterocycles. The molecule has 2 aromatic carbocycles. The number of carbonyl (C=O) groups excluding carboxylic acids is 1. The van der Waals surface area contributed by atoms with Crippen LogP contribution in [0.1, 0.15) is 25.8 Å². The molecular weight excluding hydrogens is 316 g/mol. The summed E-state index contributed by atoms with van der Waals surface area (Å²) in [6, 6.07) is 12.1. The summed E-state index contributed by atoms with van der Waals surface area (Å²) in [5.41, 5.74) is 6.87. The van der Waals surface area contributed by atoms with Crippen LogP contribution in [0.3, 0.4) is 0 Å². The molecule has 0 aliphatic carbocycles. The number of carboxylic acids is 1. The average Bonchev–Trinajstić information content (AvgIpc) is 2.63. The van der Waals surface area contributed by atoms with Crippen LogP contribution in [0.25, 0.3) is 10.8 Å². The first-order valence-corrected chi connectivity index (χ1v) is 8.57. The molecule has 0 radical (unpaired) electrons. The van der Waals surface area contributed by atoms with Crippen molar-refractivity contribution < 1.29 is 14.7 Å². The fourth-order valence-corrected chi connectivity index (χ4v) is 2.86. The van der Waals surface area contributed by atoms with Crippen LogP contribution in [-0.2, 0) is 16.0 Å². The van der Waals surface area contributed by atoms with Gasteiger partial charge in [-0.1, -0.05) is 62.7 Å². The highest BCUT2D eigenvalue weighted by molar-refractivity contribution is 5.87. The molecule has 134 valence electrons. The Morgan fingerprint density at radius 2 is 1.80 bits per heavy atom.